The molecule has 0 unspecified atom stereocenters. The standard InChI is InChI=1S/C25H23BrClFN2O3/c1-25(2,3)19-12-16(26)7-10-22(19)33-14-23(31)29-17-6-4-5-15(11-17)24(32)30-18-8-9-21(28)20(27)13-18/h4-13H,14H2,1-3H3,(H,29,31)(H,30,32). The van der Waals surface area contributed by atoms with Crippen molar-refractivity contribution in [2.75, 3.05) is 17.2 Å². The van der Waals surface area contributed by atoms with Crippen LogP contribution in [0.3, 0.4) is 0 Å². The number of benzene rings is 3. The fourth-order valence-corrected chi connectivity index (χ4v) is 3.61. The summed E-state index contributed by atoms with van der Waals surface area (Å²) in [5, 5.41) is 5.29. The van der Waals surface area contributed by atoms with E-state index in [1.807, 2.05) is 18.2 Å². The quantitative estimate of drug-likeness (QED) is 0.366. The highest BCUT2D eigenvalue weighted by atomic mass is 79.9. The van der Waals surface area contributed by atoms with Gasteiger partial charge in [-0.15, -0.1) is 0 Å². The molecule has 2 N–H and O–H groups in total. The third kappa shape index (κ3) is 6.79. The highest BCUT2D eigenvalue weighted by Gasteiger charge is 2.20. The van der Waals surface area contributed by atoms with Gasteiger partial charge < -0.3 is 15.4 Å². The van der Waals surface area contributed by atoms with Gasteiger partial charge in [0.15, 0.2) is 6.61 Å². The molecule has 0 spiro atoms. The first-order valence-electron chi connectivity index (χ1n) is 10.1. The molecule has 0 aliphatic heterocycles. The van der Waals surface area contributed by atoms with Crippen molar-refractivity contribution in [1.82, 2.24) is 0 Å². The number of halogens is 3. The second kappa shape index (κ2) is 10.4. The Balaban J connectivity index is 1.64. The number of rotatable bonds is 6. The summed E-state index contributed by atoms with van der Waals surface area (Å²) in [6.45, 7) is 6.02. The maximum Gasteiger partial charge on any atom is 0.262 e. The molecule has 0 aliphatic rings. The summed E-state index contributed by atoms with van der Waals surface area (Å²) in [5.74, 6) is -0.721. The topological polar surface area (TPSA) is 67.4 Å². The minimum atomic E-state index is -0.570. The minimum Gasteiger partial charge on any atom is -0.483 e. The highest BCUT2D eigenvalue weighted by molar-refractivity contribution is 9.10. The van der Waals surface area contributed by atoms with Crippen LogP contribution >= 0.6 is 27.5 Å². The number of hydrogen-bond acceptors (Lipinski definition) is 3. The molecule has 0 aliphatic carbocycles. The lowest BCUT2D eigenvalue weighted by Crippen LogP contribution is -2.22. The van der Waals surface area contributed by atoms with Crippen LogP contribution < -0.4 is 15.4 Å². The average Bonchev–Trinajstić information content (AvgIpc) is 2.75. The van der Waals surface area contributed by atoms with Crippen molar-refractivity contribution < 1.29 is 18.7 Å². The van der Waals surface area contributed by atoms with E-state index in [4.69, 9.17) is 16.3 Å². The zero-order valence-electron chi connectivity index (χ0n) is 18.3. The van der Waals surface area contributed by atoms with Crippen LogP contribution in [-0.2, 0) is 10.2 Å². The number of amides is 2. The first kappa shape index (κ1) is 24.7. The van der Waals surface area contributed by atoms with Gasteiger partial charge in [-0.2, -0.15) is 0 Å². The van der Waals surface area contributed by atoms with Gasteiger partial charge in [0.25, 0.3) is 11.8 Å². The normalized spacial score (nSPS) is 11.1. The summed E-state index contributed by atoms with van der Waals surface area (Å²) in [4.78, 5) is 25.0. The molecule has 0 atom stereocenters. The Kier molecular flexibility index (Phi) is 7.76. The maximum atomic E-state index is 13.3. The van der Waals surface area contributed by atoms with Crippen molar-refractivity contribution in [3.05, 3.63) is 87.1 Å². The van der Waals surface area contributed by atoms with E-state index in [0.29, 0.717) is 22.7 Å². The number of carbonyl (C=O) groups is 2. The summed E-state index contributed by atoms with van der Waals surface area (Å²) >= 11 is 9.22. The fourth-order valence-electron chi connectivity index (χ4n) is 3.07. The summed E-state index contributed by atoms with van der Waals surface area (Å²) in [7, 11) is 0. The monoisotopic (exact) mass is 532 g/mol. The molecular weight excluding hydrogens is 511 g/mol. The Morgan fingerprint density at radius 1 is 1.00 bits per heavy atom. The SMILES string of the molecule is CC(C)(C)c1cc(Br)ccc1OCC(=O)Nc1cccc(C(=O)Nc2ccc(F)c(Cl)c2)c1. The predicted molar refractivity (Wildman–Crippen MR) is 133 cm³/mol. The first-order chi connectivity index (χ1) is 15.5. The smallest absolute Gasteiger partial charge is 0.262 e. The van der Waals surface area contributed by atoms with E-state index >= 15 is 0 Å². The molecule has 0 radical (unpaired) electrons. The zero-order valence-corrected chi connectivity index (χ0v) is 20.7. The second-order valence-corrected chi connectivity index (χ2v) is 9.71. The Bertz CT molecular complexity index is 1190. The van der Waals surface area contributed by atoms with Gasteiger partial charge in [-0.25, -0.2) is 4.39 Å². The van der Waals surface area contributed by atoms with Gasteiger partial charge in [-0.05, 0) is 60.0 Å². The summed E-state index contributed by atoms with van der Waals surface area (Å²) in [5.41, 5.74) is 1.94. The molecule has 33 heavy (non-hydrogen) atoms. The van der Waals surface area contributed by atoms with E-state index < -0.39 is 11.7 Å². The van der Waals surface area contributed by atoms with Gasteiger partial charge in [0.1, 0.15) is 11.6 Å². The van der Waals surface area contributed by atoms with Gasteiger partial charge in [-0.1, -0.05) is 54.4 Å². The number of ether oxygens (including phenoxy) is 1. The fraction of sp³-hybridized carbons (Fsp3) is 0.200. The molecular formula is C25H23BrClFN2O3. The Labute approximate surface area is 205 Å². The van der Waals surface area contributed by atoms with Crippen molar-refractivity contribution in [1.29, 1.82) is 0 Å². The molecule has 3 aromatic rings. The predicted octanol–water partition coefficient (Wildman–Crippen LogP) is 6.81. The lowest BCUT2D eigenvalue weighted by molar-refractivity contribution is -0.118. The van der Waals surface area contributed by atoms with Gasteiger partial charge in [0.2, 0.25) is 0 Å². The molecule has 172 valence electrons. The summed E-state index contributed by atoms with van der Waals surface area (Å²) < 4.78 is 20.0. The van der Waals surface area contributed by atoms with Crippen LogP contribution in [0.15, 0.2) is 65.1 Å². The third-order valence-corrected chi connectivity index (χ3v) is 5.48. The lowest BCUT2D eigenvalue weighted by atomic mass is 9.86. The van der Waals surface area contributed by atoms with Crippen molar-refractivity contribution in [3.8, 4) is 5.75 Å². The van der Waals surface area contributed by atoms with E-state index in [9.17, 15) is 14.0 Å². The van der Waals surface area contributed by atoms with Crippen LogP contribution in [0.25, 0.3) is 0 Å². The molecule has 2 amide bonds. The summed E-state index contributed by atoms with van der Waals surface area (Å²) in [6, 6.07) is 16.0. The van der Waals surface area contributed by atoms with Gasteiger partial charge >= 0.3 is 0 Å². The van der Waals surface area contributed by atoms with Crippen LogP contribution in [-0.4, -0.2) is 18.4 Å². The van der Waals surface area contributed by atoms with E-state index in [0.717, 1.165) is 10.0 Å². The van der Waals surface area contributed by atoms with Crippen LogP contribution in [0.1, 0.15) is 36.7 Å². The molecule has 0 saturated heterocycles. The van der Waals surface area contributed by atoms with Crippen LogP contribution in [0, 0.1) is 5.82 Å². The number of carbonyl (C=O) groups excluding carboxylic acids is 2. The first-order valence-corrected chi connectivity index (χ1v) is 11.3. The van der Waals surface area contributed by atoms with Gasteiger partial charge in [0, 0.05) is 27.0 Å². The summed E-state index contributed by atoms with van der Waals surface area (Å²) in [6.07, 6.45) is 0. The van der Waals surface area contributed by atoms with Crippen molar-refractivity contribution >= 4 is 50.7 Å². The van der Waals surface area contributed by atoms with E-state index in [1.165, 1.54) is 18.2 Å². The lowest BCUT2D eigenvalue weighted by Gasteiger charge is -2.23. The second-order valence-electron chi connectivity index (χ2n) is 8.39. The van der Waals surface area contributed by atoms with Crippen molar-refractivity contribution in [2.45, 2.75) is 26.2 Å². The number of nitrogens with one attached hydrogen (secondary N) is 2. The van der Waals surface area contributed by atoms with Crippen LogP contribution in [0.4, 0.5) is 15.8 Å². The number of hydrogen-bond donors (Lipinski definition) is 2. The Hall–Kier alpha value is -2.90. The van der Waals surface area contributed by atoms with Gasteiger partial charge in [-0.3, -0.25) is 9.59 Å². The molecule has 3 rings (SSSR count). The van der Waals surface area contributed by atoms with E-state index in [1.54, 1.807) is 24.3 Å². The van der Waals surface area contributed by atoms with E-state index in [2.05, 4.69) is 47.3 Å². The average molecular weight is 534 g/mol. The molecule has 0 bridgehead atoms. The zero-order chi connectivity index (χ0) is 24.2. The molecule has 5 nitrogen and oxygen atoms in total. The highest BCUT2D eigenvalue weighted by Crippen LogP contribution is 2.33. The number of anilines is 2. The molecule has 0 heterocycles. The molecule has 0 fully saturated rings. The maximum absolute atomic E-state index is 13.3. The van der Waals surface area contributed by atoms with Gasteiger partial charge in [0.05, 0.1) is 5.02 Å². The third-order valence-electron chi connectivity index (χ3n) is 4.69. The Morgan fingerprint density at radius 2 is 1.73 bits per heavy atom. The van der Waals surface area contributed by atoms with Crippen LogP contribution in [0.2, 0.25) is 5.02 Å². The van der Waals surface area contributed by atoms with Crippen molar-refractivity contribution in [3.63, 3.8) is 0 Å². The van der Waals surface area contributed by atoms with E-state index in [-0.39, 0.29) is 23.0 Å². The Morgan fingerprint density at radius 3 is 2.42 bits per heavy atom. The molecule has 0 aromatic heterocycles. The van der Waals surface area contributed by atoms with Crippen molar-refractivity contribution in [2.24, 2.45) is 0 Å². The largest absolute Gasteiger partial charge is 0.483 e. The minimum absolute atomic E-state index is 0.0887. The molecule has 8 heteroatoms. The molecule has 3 aromatic carbocycles. The van der Waals surface area contributed by atoms with Crippen LogP contribution in [0.5, 0.6) is 5.75 Å². The molecule has 0 saturated carbocycles.